The van der Waals surface area contributed by atoms with Gasteiger partial charge in [0.2, 0.25) is 0 Å². The quantitative estimate of drug-likeness (QED) is 0.253. The van der Waals surface area contributed by atoms with Crippen molar-refractivity contribution in [2.24, 2.45) is 33.1 Å². The van der Waals surface area contributed by atoms with E-state index in [9.17, 15) is 0 Å². The second-order valence-corrected chi connectivity index (χ2v) is 5.55. The summed E-state index contributed by atoms with van der Waals surface area (Å²) in [5.74, 6) is 0.701. The van der Waals surface area contributed by atoms with Crippen LogP contribution in [0.5, 0.6) is 0 Å². The summed E-state index contributed by atoms with van der Waals surface area (Å²) in [5.41, 5.74) is 32.7. The normalized spacial score (nSPS) is 12.0. The molecule has 10 heteroatoms. The Labute approximate surface area is 155 Å². The highest BCUT2D eigenvalue weighted by atomic mass is 15.4. The molecule has 26 heavy (non-hydrogen) atoms. The van der Waals surface area contributed by atoms with Gasteiger partial charge in [-0.3, -0.25) is 0 Å². The molecule has 0 aliphatic carbocycles. The summed E-state index contributed by atoms with van der Waals surface area (Å²) in [4.78, 5) is 3.77. The van der Waals surface area contributed by atoms with Gasteiger partial charge in [-0.2, -0.15) is 0 Å². The lowest BCUT2D eigenvalue weighted by molar-refractivity contribution is 0.414. The van der Waals surface area contributed by atoms with E-state index >= 15 is 0 Å². The Morgan fingerprint density at radius 2 is 1.15 bits per heavy atom. The van der Waals surface area contributed by atoms with Crippen LogP contribution in [0.2, 0.25) is 0 Å². The number of guanidine groups is 2. The number of benzene rings is 1. The molecule has 0 spiro atoms. The van der Waals surface area contributed by atoms with Crippen LogP contribution in [0.1, 0.15) is 11.1 Å². The maximum absolute atomic E-state index is 5.93. The van der Waals surface area contributed by atoms with Crippen molar-refractivity contribution in [3.63, 3.8) is 0 Å². The fourth-order valence-electron chi connectivity index (χ4n) is 2.38. The molecule has 0 bridgehead atoms. The molecule has 10 nitrogen and oxygen atoms in total. The van der Waals surface area contributed by atoms with Gasteiger partial charge in [0.15, 0.2) is 11.9 Å². The lowest BCUT2D eigenvalue weighted by atomic mass is 10.1. The Hall–Kier alpha value is -2.72. The predicted molar refractivity (Wildman–Crippen MR) is 107 cm³/mol. The molecular formula is C16H30N10-2. The van der Waals surface area contributed by atoms with Gasteiger partial charge >= 0.3 is 0 Å². The summed E-state index contributed by atoms with van der Waals surface area (Å²) in [6.07, 6.45) is 0. The summed E-state index contributed by atoms with van der Waals surface area (Å²) in [7, 11) is 3.16. The first-order valence-corrected chi connectivity index (χ1v) is 8.38. The molecule has 146 valence electrons. The summed E-state index contributed by atoms with van der Waals surface area (Å²) >= 11 is 0. The fourth-order valence-corrected chi connectivity index (χ4v) is 2.38. The summed E-state index contributed by atoms with van der Waals surface area (Å²) < 4.78 is 0. The second kappa shape index (κ2) is 11.8. The minimum absolute atomic E-state index is 0.350. The third-order valence-electron chi connectivity index (χ3n) is 3.62. The highest BCUT2D eigenvalue weighted by Gasteiger charge is 2.09. The highest BCUT2D eigenvalue weighted by Crippen LogP contribution is 2.10. The fraction of sp³-hybridized carbons (Fsp3) is 0.500. The summed E-state index contributed by atoms with van der Waals surface area (Å²) in [6, 6.07) is 8.14. The van der Waals surface area contributed by atoms with Gasteiger partial charge in [0, 0.05) is 39.3 Å². The van der Waals surface area contributed by atoms with Crippen LogP contribution in [-0.2, 0) is 13.1 Å². The van der Waals surface area contributed by atoms with Crippen molar-refractivity contribution in [2.45, 2.75) is 13.1 Å². The third kappa shape index (κ3) is 7.03. The van der Waals surface area contributed by atoms with Gasteiger partial charge in [-0.25, -0.2) is 0 Å². The van der Waals surface area contributed by atoms with Crippen molar-refractivity contribution in [2.75, 3.05) is 40.3 Å². The van der Waals surface area contributed by atoms with E-state index < -0.39 is 0 Å². The molecule has 0 heterocycles. The van der Waals surface area contributed by atoms with E-state index in [1.165, 1.54) is 0 Å². The number of hydrogen-bond acceptors (Lipinski definition) is 4. The smallest absolute Gasteiger partial charge is 0.176 e. The average molecular weight is 362 g/mol. The van der Waals surface area contributed by atoms with Crippen LogP contribution in [0.4, 0.5) is 0 Å². The van der Waals surface area contributed by atoms with Gasteiger partial charge in [0.25, 0.3) is 0 Å². The van der Waals surface area contributed by atoms with Gasteiger partial charge < -0.3 is 53.8 Å². The molecule has 0 saturated heterocycles. The Morgan fingerprint density at radius 3 is 1.42 bits per heavy atom. The molecule has 1 aromatic carbocycles. The van der Waals surface area contributed by atoms with Crippen LogP contribution in [-0.4, -0.2) is 62.0 Å². The van der Waals surface area contributed by atoms with E-state index in [1.807, 2.05) is 34.1 Å². The Bertz CT molecular complexity index is 518. The minimum atomic E-state index is 0.350. The first kappa shape index (κ1) is 21.3. The van der Waals surface area contributed by atoms with Crippen LogP contribution in [0.25, 0.3) is 10.9 Å². The summed E-state index contributed by atoms with van der Waals surface area (Å²) in [5, 5.41) is 7.78. The Kier molecular flexibility index (Phi) is 9.65. The Morgan fingerprint density at radius 1 is 0.808 bits per heavy atom. The van der Waals surface area contributed by atoms with E-state index in [0.29, 0.717) is 51.2 Å². The third-order valence-corrected chi connectivity index (χ3v) is 3.62. The molecule has 8 N–H and O–H groups in total. The molecule has 0 radical (unpaired) electrons. The molecule has 0 aromatic heterocycles. The number of hydrogen-bond donors (Lipinski definition) is 4. The first-order valence-electron chi connectivity index (χ1n) is 8.38. The zero-order valence-corrected chi connectivity index (χ0v) is 15.5. The first-order chi connectivity index (χ1) is 12.5. The number of nitrogens with two attached hydrogens (primary N) is 4. The van der Waals surface area contributed by atoms with Gasteiger partial charge in [-0.15, -0.1) is 14.1 Å². The maximum Gasteiger partial charge on any atom is 0.176 e. The van der Waals surface area contributed by atoms with Gasteiger partial charge in [-0.1, -0.05) is 24.3 Å². The van der Waals surface area contributed by atoms with Crippen molar-refractivity contribution in [3.05, 3.63) is 46.2 Å². The molecular weight excluding hydrogens is 332 g/mol. The van der Waals surface area contributed by atoms with Gasteiger partial charge in [-0.05, 0) is 11.1 Å². The molecule has 0 fully saturated rings. The lowest BCUT2D eigenvalue weighted by Crippen LogP contribution is -2.40. The molecule has 0 aliphatic rings. The van der Waals surface area contributed by atoms with Crippen LogP contribution in [0.15, 0.2) is 34.5 Å². The molecule has 0 atom stereocenters. The molecule has 0 unspecified atom stereocenters. The zero-order valence-electron chi connectivity index (χ0n) is 15.5. The second-order valence-electron chi connectivity index (χ2n) is 5.55. The predicted octanol–water partition coefficient (Wildman–Crippen LogP) is -0.326. The average Bonchev–Trinajstić information content (AvgIpc) is 2.63. The molecule has 0 amide bonds. The highest BCUT2D eigenvalue weighted by molar-refractivity contribution is 5.79. The standard InChI is InChI=1S/C16H30N10/c1-21-23-15(19)25(9-7-17)11-13-3-5-14(6-4-13)12-26(10-8-18)16(20)24-22-2/h3-6H,7-12,17-18H2,1-2H3,(H2,19,23)(H2,20,24)/q-2. The van der Waals surface area contributed by atoms with Crippen molar-refractivity contribution in [3.8, 4) is 0 Å². The number of nitrogens with zero attached hydrogens (tertiary/aromatic N) is 6. The molecule has 0 saturated carbocycles. The van der Waals surface area contributed by atoms with Crippen LogP contribution in [0, 0.1) is 0 Å². The van der Waals surface area contributed by atoms with Crippen LogP contribution >= 0.6 is 0 Å². The zero-order chi connectivity index (χ0) is 19.4. The van der Waals surface area contributed by atoms with E-state index in [2.05, 4.69) is 21.1 Å². The van der Waals surface area contributed by atoms with E-state index in [1.54, 1.807) is 14.1 Å². The van der Waals surface area contributed by atoms with Crippen molar-refractivity contribution in [1.82, 2.24) is 9.80 Å². The van der Waals surface area contributed by atoms with Gasteiger partial charge in [0.1, 0.15) is 0 Å². The van der Waals surface area contributed by atoms with Crippen molar-refractivity contribution in [1.29, 1.82) is 0 Å². The van der Waals surface area contributed by atoms with Crippen LogP contribution < -0.4 is 22.9 Å². The van der Waals surface area contributed by atoms with E-state index in [0.717, 1.165) is 11.1 Å². The molecule has 0 aliphatic heterocycles. The topological polar surface area (TPSA) is 163 Å². The maximum atomic E-state index is 5.93. The van der Waals surface area contributed by atoms with E-state index in [4.69, 9.17) is 22.9 Å². The monoisotopic (exact) mass is 362 g/mol. The molecule has 1 rings (SSSR count). The van der Waals surface area contributed by atoms with Gasteiger partial charge in [0.05, 0.1) is 0 Å². The Balaban J connectivity index is 2.80. The largest absolute Gasteiger partial charge is 0.602 e. The van der Waals surface area contributed by atoms with Crippen molar-refractivity contribution < 1.29 is 0 Å². The summed E-state index contributed by atoms with van der Waals surface area (Å²) in [6.45, 7) is 3.37. The van der Waals surface area contributed by atoms with Crippen LogP contribution in [0.3, 0.4) is 0 Å². The van der Waals surface area contributed by atoms with Crippen molar-refractivity contribution >= 4 is 11.9 Å². The lowest BCUT2D eigenvalue weighted by Gasteiger charge is -2.26. The SMILES string of the molecule is C[N-]N=C(N)N(CCN)Cc1ccc(CN(CCN)C(N)=N[N-]C)cc1. The van der Waals surface area contributed by atoms with E-state index in [-0.39, 0.29) is 0 Å². The number of rotatable bonds is 10. The molecule has 1 aromatic rings. The minimum Gasteiger partial charge on any atom is -0.602 e.